The lowest BCUT2D eigenvalue weighted by molar-refractivity contribution is -0.116. The molecule has 2 atom stereocenters. The Morgan fingerprint density at radius 3 is 2.62 bits per heavy atom. The van der Waals surface area contributed by atoms with Crippen LogP contribution in [0.3, 0.4) is 0 Å². The van der Waals surface area contributed by atoms with Crippen molar-refractivity contribution in [3.8, 4) is 0 Å². The van der Waals surface area contributed by atoms with Gasteiger partial charge in [0.15, 0.2) is 0 Å². The third-order valence-corrected chi connectivity index (χ3v) is 4.60. The van der Waals surface area contributed by atoms with Gasteiger partial charge in [-0.1, -0.05) is 19.1 Å². The van der Waals surface area contributed by atoms with Crippen LogP contribution in [0.4, 0.5) is 4.39 Å². The lowest BCUT2D eigenvalue weighted by Gasteiger charge is -2.16. The van der Waals surface area contributed by atoms with Crippen LogP contribution in [0.25, 0.3) is 0 Å². The highest BCUT2D eigenvalue weighted by molar-refractivity contribution is 6.48. The van der Waals surface area contributed by atoms with Crippen molar-refractivity contribution in [3.05, 3.63) is 35.7 Å². The van der Waals surface area contributed by atoms with E-state index in [9.17, 15) is 9.18 Å². The second-order valence-corrected chi connectivity index (χ2v) is 7.18. The summed E-state index contributed by atoms with van der Waals surface area (Å²) in [5.41, 5.74) is 1.14. The molecule has 1 amide bonds. The van der Waals surface area contributed by atoms with Gasteiger partial charge in [0.25, 0.3) is 0 Å². The largest absolute Gasteiger partial charge is 0.349 e. The molecule has 1 saturated carbocycles. The van der Waals surface area contributed by atoms with Gasteiger partial charge in [0.05, 0.1) is 0 Å². The molecule has 21 heavy (non-hydrogen) atoms. The van der Waals surface area contributed by atoms with Crippen molar-refractivity contribution in [1.29, 1.82) is 0 Å². The van der Waals surface area contributed by atoms with Crippen molar-refractivity contribution in [3.63, 3.8) is 0 Å². The first-order valence-corrected chi connectivity index (χ1v) is 7.79. The second kappa shape index (κ2) is 7.46. The Hall–Kier alpha value is -0.800. The third kappa shape index (κ3) is 5.84. The molecule has 0 bridgehead atoms. The maximum Gasteiger partial charge on any atom is 0.244 e. The summed E-state index contributed by atoms with van der Waals surface area (Å²) in [5.74, 6) is -0.597. The number of halogens is 3. The first-order chi connectivity index (χ1) is 9.67. The van der Waals surface area contributed by atoms with Gasteiger partial charge in [0.2, 0.25) is 5.91 Å². The summed E-state index contributed by atoms with van der Waals surface area (Å²) in [6.07, 6.45) is 4.17. The number of carbonyl (C=O) groups excluding carboxylic acids is 1. The molecular formula is C16H22Cl2FNO. The molecule has 1 aliphatic rings. The van der Waals surface area contributed by atoms with Gasteiger partial charge >= 0.3 is 0 Å². The smallest absolute Gasteiger partial charge is 0.244 e. The molecule has 0 aromatic heterocycles. The van der Waals surface area contributed by atoms with Crippen molar-refractivity contribution < 1.29 is 9.18 Å². The van der Waals surface area contributed by atoms with Gasteiger partial charge in [-0.3, -0.25) is 4.79 Å². The Bertz CT molecular complexity index is 483. The molecule has 1 N–H and O–H groups in total. The number of amides is 1. The first-order valence-electron chi connectivity index (χ1n) is 7.03. The number of carbonyl (C=O) groups is 1. The lowest BCUT2D eigenvalue weighted by Crippen LogP contribution is -2.22. The van der Waals surface area contributed by atoms with E-state index >= 15 is 0 Å². The molecule has 0 aromatic rings. The summed E-state index contributed by atoms with van der Waals surface area (Å²) < 4.78 is 13.2. The molecular weight excluding hydrogens is 312 g/mol. The molecule has 5 heteroatoms. The Balaban J connectivity index is 2.59. The first kappa shape index (κ1) is 18.2. The number of nitrogens with one attached hydrogen (secondary N) is 1. The fraction of sp³-hybridized carbons (Fsp3) is 0.562. The van der Waals surface area contributed by atoms with Crippen LogP contribution in [-0.4, -0.2) is 16.8 Å². The van der Waals surface area contributed by atoms with Crippen molar-refractivity contribution >= 4 is 29.1 Å². The summed E-state index contributed by atoms with van der Waals surface area (Å²) in [7, 11) is 0. The zero-order chi connectivity index (χ0) is 16.2. The van der Waals surface area contributed by atoms with E-state index in [1.165, 1.54) is 12.2 Å². The van der Waals surface area contributed by atoms with Crippen molar-refractivity contribution in [2.24, 2.45) is 11.8 Å². The van der Waals surface area contributed by atoms with E-state index in [-0.39, 0.29) is 17.7 Å². The SMILES string of the molecule is C=C(C)CNC(=O)/C=C(C)/C(F)=C/C1CC1C(Cl)(Cl)CC. The monoisotopic (exact) mass is 333 g/mol. The standard InChI is InChI=1S/C16H22Cl2FNO/c1-5-16(17,18)13-7-12(13)8-14(19)11(4)6-15(21)20-9-10(2)3/h6,8,12-13H,2,5,7,9H2,1,3-4H3,(H,20,21)/b11-6+,14-8-. The van der Waals surface area contributed by atoms with Crippen molar-refractivity contribution in [2.75, 3.05) is 6.54 Å². The molecule has 1 fully saturated rings. The minimum absolute atomic E-state index is 0.0433. The average Bonchev–Trinajstić information content (AvgIpc) is 3.16. The van der Waals surface area contributed by atoms with E-state index in [4.69, 9.17) is 23.2 Å². The van der Waals surface area contributed by atoms with E-state index in [1.54, 1.807) is 6.92 Å². The van der Waals surface area contributed by atoms with Gasteiger partial charge in [0.1, 0.15) is 10.2 Å². The van der Waals surface area contributed by atoms with Gasteiger partial charge in [-0.25, -0.2) is 4.39 Å². The molecule has 2 unspecified atom stereocenters. The molecule has 1 aliphatic carbocycles. The summed E-state index contributed by atoms with van der Waals surface area (Å²) in [6.45, 7) is 9.35. The van der Waals surface area contributed by atoms with Crippen molar-refractivity contribution in [1.82, 2.24) is 5.32 Å². The molecule has 0 aliphatic heterocycles. The molecule has 0 saturated heterocycles. The fourth-order valence-corrected chi connectivity index (χ4v) is 2.52. The normalized spacial score (nSPS) is 23.0. The quantitative estimate of drug-likeness (QED) is 0.311. The maximum absolute atomic E-state index is 14.0. The van der Waals surface area contributed by atoms with Gasteiger partial charge in [-0.15, -0.1) is 23.2 Å². The third-order valence-electron chi connectivity index (χ3n) is 3.50. The molecule has 0 aromatic carbocycles. The topological polar surface area (TPSA) is 29.1 Å². The highest BCUT2D eigenvalue weighted by atomic mass is 35.5. The number of hydrogen-bond acceptors (Lipinski definition) is 1. The summed E-state index contributed by atoms with van der Waals surface area (Å²) >= 11 is 12.3. The average molecular weight is 334 g/mol. The number of allylic oxidation sites excluding steroid dienone is 3. The second-order valence-electron chi connectivity index (χ2n) is 5.64. The van der Waals surface area contributed by atoms with Crippen LogP contribution in [0, 0.1) is 11.8 Å². The Morgan fingerprint density at radius 2 is 2.10 bits per heavy atom. The molecule has 2 nitrogen and oxygen atoms in total. The predicted octanol–water partition coefficient (Wildman–Crippen LogP) is 4.70. The number of hydrogen-bond donors (Lipinski definition) is 1. The molecule has 0 spiro atoms. The molecule has 1 rings (SSSR count). The molecule has 0 heterocycles. The van der Waals surface area contributed by atoms with Gasteiger partial charge in [0, 0.05) is 12.6 Å². The minimum atomic E-state index is -0.794. The van der Waals surface area contributed by atoms with E-state index < -0.39 is 10.2 Å². The van der Waals surface area contributed by atoms with Crippen LogP contribution in [0.5, 0.6) is 0 Å². The summed E-state index contributed by atoms with van der Waals surface area (Å²) in [5, 5.41) is 2.63. The van der Waals surface area contributed by atoms with Gasteiger partial charge < -0.3 is 5.32 Å². The van der Waals surface area contributed by atoms with Crippen LogP contribution >= 0.6 is 23.2 Å². The summed E-state index contributed by atoms with van der Waals surface area (Å²) in [6, 6.07) is 0. The molecule has 0 radical (unpaired) electrons. The highest BCUT2D eigenvalue weighted by Crippen LogP contribution is 2.54. The van der Waals surface area contributed by atoms with E-state index in [1.807, 2.05) is 13.8 Å². The zero-order valence-electron chi connectivity index (χ0n) is 12.7. The Kier molecular flexibility index (Phi) is 6.48. The maximum atomic E-state index is 14.0. The predicted molar refractivity (Wildman–Crippen MR) is 87.1 cm³/mol. The van der Waals surface area contributed by atoms with E-state index in [2.05, 4.69) is 11.9 Å². The van der Waals surface area contributed by atoms with Crippen molar-refractivity contribution in [2.45, 2.75) is 37.9 Å². The van der Waals surface area contributed by atoms with Crippen LogP contribution in [0.1, 0.15) is 33.6 Å². The minimum Gasteiger partial charge on any atom is -0.349 e. The van der Waals surface area contributed by atoms with Gasteiger partial charge in [-0.2, -0.15) is 0 Å². The molecule has 118 valence electrons. The number of alkyl halides is 2. The van der Waals surface area contributed by atoms with Crippen LogP contribution < -0.4 is 5.32 Å². The zero-order valence-corrected chi connectivity index (χ0v) is 14.2. The summed E-state index contributed by atoms with van der Waals surface area (Å²) in [4.78, 5) is 11.6. The van der Waals surface area contributed by atoms with Gasteiger partial charge in [-0.05, 0) is 50.2 Å². The Morgan fingerprint density at radius 1 is 1.48 bits per heavy atom. The van der Waals surface area contributed by atoms with E-state index in [0.717, 1.165) is 12.0 Å². The van der Waals surface area contributed by atoms with Crippen LogP contribution in [-0.2, 0) is 4.79 Å². The number of rotatable bonds is 7. The van der Waals surface area contributed by atoms with Crippen LogP contribution in [0.2, 0.25) is 0 Å². The van der Waals surface area contributed by atoms with E-state index in [0.29, 0.717) is 18.5 Å². The van der Waals surface area contributed by atoms with Crippen LogP contribution in [0.15, 0.2) is 35.7 Å². The highest BCUT2D eigenvalue weighted by Gasteiger charge is 2.49. The Labute approximate surface area is 136 Å². The fourth-order valence-electron chi connectivity index (χ4n) is 2.02. The lowest BCUT2D eigenvalue weighted by atomic mass is 10.1.